The number of aliphatic carboxylic acids is 1. The molecule has 1 fully saturated rings. The van der Waals surface area contributed by atoms with Crippen molar-refractivity contribution in [1.29, 1.82) is 0 Å². The third-order valence-electron chi connectivity index (χ3n) is 2.73. The highest BCUT2D eigenvalue weighted by atomic mass is 16.5. The number of morpholine rings is 1. The Morgan fingerprint density at radius 1 is 1.50 bits per heavy atom. The second-order valence-corrected chi connectivity index (χ2v) is 4.23. The van der Waals surface area contributed by atoms with Gasteiger partial charge in [-0.05, 0) is 19.1 Å². The van der Waals surface area contributed by atoms with E-state index in [1.54, 1.807) is 25.3 Å². The Balaban J connectivity index is 2.13. The fourth-order valence-electron chi connectivity index (χ4n) is 1.93. The van der Waals surface area contributed by atoms with E-state index in [1.807, 2.05) is 0 Å². The fraction of sp³-hybridized carbons (Fsp3) is 0.417. The van der Waals surface area contributed by atoms with Gasteiger partial charge < -0.3 is 14.7 Å². The van der Waals surface area contributed by atoms with Crippen LogP contribution in [0, 0.1) is 0 Å². The van der Waals surface area contributed by atoms with Crippen molar-refractivity contribution in [3.63, 3.8) is 0 Å². The van der Waals surface area contributed by atoms with Gasteiger partial charge in [0.25, 0.3) is 5.91 Å². The van der Waals surface area contributed by atoms with Crippen LogP contribution in [-0.4, -0.2) is 52.2 Å². The van der Waals surface area contributed by atoms with E-state index in [-0.39, 0.29) is 18.6 Å². The molecule has 6 heteroatoms. The SMILES string of the molecule is C[C@@H]1CN(C(=O)c2cccnc2)CC(C(=O)O)O1. The van der Waals surface area contributed by atoms with Crippen molar-refractivity contribution in [2.45, 2.75) is 19.1 Å². The van der Waals surface area contributed by atoms with Crippen LogP contribution in [0.5, 0.6) is 0 Å². The van der Waals surface area contributed by atoms with Crippen LogP contribution in [0.1, 0.15) is 17.3 Å². The van der Waals surface area contributed by atoms with Crippen LogP contribution in [0.4, 0.5) is 0 Å². The Morgan fingerprint density at radius 2 is 2.28 bits per heavy atom. The van der Waals surface area contributed by atoms with E-state index >= 15 is 0 Å². The number of rotatable bonds is 2. The number of carboxylic acids is 1. The molecule has 96 valence electrons. The van der Waals surface area contributed by atoms with E-state index in [0.29, 0.717) is 12.1 Å². The van der Waals surface area contributed by atoms with Gasteiger partial charge in [0, 0.05) is 18.9 Å². The highest BCUT2D eigenvalue weighted by Crippen LogP contribution is 2.14. The molecule has 0 bridgehead atoms. The number of carbonyl (C=O) groups excluding carboxylic acids is 1. The zero-order valence-corrected chi connectivity index (χ0v) is 9.94. The first-order valence-corrected chi connectivity index (χ1v) is 5.65. The maximum atomic E-state index is 12.2. The van der Waals surface area contributed by atoms with Crippen molar-refractivity contribution in [3.8, 4) is 0 Å². The lowest BCUT2D eigenvalue weighted by Crippen LogP contribution is -2.51. The molecule has 1 N–H and O–H groups in total. The number of aromatic nitrogens is 1. The number of hydrogen-bond acceptors (Lipinski definition) is 4. The molecule has 1 saturated heterocycles. The molecule has 18 heavy (non-hydrogen) atoms. The van der Waals surface area contributed by atoms with Gasteiger partial charge in [0.1, 0.15) is 0 Å². The van der Waals surface area contributed by atoms with E-state index < -0.39 is 12.1 Å². The quantitative estimate of drug-likeness (QED) is 0.821. The van der Waals surface area contributed by atoms with E-state index in [9.17, 15) is 9.59 Å². The largest absolute Gasteiger partial charge is 0.479 e. The van der Waals surface area contributed by atoms with Crippen molar-refractivity contribution in [3.05, 3.63) is 30.1 Å². The smallest absolute Gasteiger partial charge is 0.334 e. The van der Waals surface area contributed by atoms with Crippen LogP contribution in [0.2, 0.25) is 0 Å². The molecule has 0 radical (unpaired) electrons. The molecular weight excluding hydrogens is 236 g/mol. The Hall–Kier alpha value is -1.95. The van der Waals surface area contributed by atoms with Crippen molar-refractivity contribution < 1.29 is 19.4 Å². The van der Waals surface area contributed by atoms with Gasteiger partial charge in [-0.1, -0.05) is 0 Å². The first-order valence-electron chi connectivity index (χ1n) is 5.65. The van der Waals surface area contributed by atoms with Crippen molar-refractivity contribution in [2.24, 2.45) is 0 Å². The van der Waals surface area contributed by atoms with Crippen LogP contribution in [0.15, 0.2) is 24.5 Å². The van der Waals surface area contributed by atoms with Crippen LogP contribution in [0.25, 0.3) is 0 Å². The third kappa shape index (κ3) is 2.65. The average molecular weight is 250 g/mol. The summed E-state index contributed by atoms with van der Waals surface area (Å²) in [4.78, 5) is 28.4. The zero-order chi connectivity index (χ0) is 13.1. The topological polar surface area (TPSA) is 79.7 Å². The fourth-order valence-corrected chi connectivity index (χ4v) is 1.93. The van der Waals surface area contributed by atoms with Gasteiger partial charge in [-0.3, -0.25) is 9.78 Å². The molecule has 0 aliphatic carbocycles. The summed E-state index contributed by atoms with van der Waals surface area (Å²) in [6.07, 6.45) is 1.80. The van der Waals surface area contributed by atoms with E-state index in [4.69, 9.17) is 9.84 Å². The molecule has 1 aliphatic heterocycles. The average Bonchev–Trinajstić information content (AvgIpc) is 2.38. The summed E-state index contributed by atoms with van der Waals surface area (Å²) in [5.41, 5.74) is 0.454. The molecule has 0 spiro atoms. The van der Waals surface area contributed by atoms with E-state index in [0.717, 1.165) is 0 Å². The third-order valence-corrected chi connectivity index (χ3v) is 2.73. The maximum Gasteiger partial charge on any atom is 0.334 e. The van der Waals surface area contributed by atoms with Crippen LogP contribution in [-0.2, 0) is 9.53 Å². The molecule has 2 rings (SSSR count). The standard InChI is InChI=1S/C12H14N2O4/c1-8-6-14(7-10(18-8)12(16)17)11(15)9-3-2-4-13-5-9/h2-5,8,10H,6-7H2,1H3,(H,16,17)/t8-,10?/m1/s1. The molecule has 6 nitrogen and oxygen atoms in total. The summed E-state index contributed by atoms with van der Waals surface area (Å²) < 4.78 is 5.25. The van der Waals surface area contributed by atoms with Crippen LogP contribution < -0.4 is 0 Å². The molecule has 1 amide bonds. The van der Waals surface area contributed by atoms with Gasteiger partial charge >= 0.3 is 5.97 Å². The van der Waals surface area contributed by atoms with Crippen LogP contribution >= 0.6 is 0 Å². The number of carbonyl (C=O) groups is 2. The van der Waals surface area contributed by atoms with Gasteiger partial charge in [0.05, 0.1) is 18.2 Å². The van der Waals surface area contributed by atoms with Crippen molar-refractivity contribution >= 4 is 11.9 Å². The Morgan fingerprint density at radius 3 is 2.89 bits per heavy atom. The summed E-state index contributed by atoms with van der Waals surface area (Å²) in [7, 11) is 0. The van der Waals surface area contributed by atoms with E-state index in [1.165, 1.54) is 11.1 Å². The molecule has 1 aromatic rings. The first-order chi connectivity index (χ1) is 8.58. The highest BCUT2D eigenvalue weighted by Gasteiger charge is 2.32. The minimum absolute atomic E-state index is 0.0629. The Kier molecular flexibility index (Phi) is 3.57. The minimum atomic E-state index is -1.05. The maximum absolute atomic E-state index is 12.2. The monoisotopic (exact) mass is 250 g/mol. The van der Waals surface area contributed by atoms with E-state index in [2.05, 4.69) is 4.98 Å². The number of nitrogens with zero attached hydrogens (tertiary/aromatic N) is 2. The van der Waals surface area contributed by atoms with Crippen LogP contribution in [0.3, 0.4) is 0 Å². The normalized spacial score (nSPS) is 23.7. The predicted octanol–water partition coefficient (Wildman–Crippen LogP) is 0.396. The lowest BCUT2D eigenvalue weighted by Gasteiger charge is -2.34. The Bertz CT molecular complexity index is 449. The minimum Gasteiger partial charge on any atom is -0.479 e. The lowest BCUT2D eigenvalue weighted by molar-refractivity contribution is -0.160. The number of hydrogen-bond donors (Lipinski definition) is 1. The molecule has 1 aliphatic rings. The van der Waals surface area contributed by atoms with Gasteiger partial charge in [0.15, 0.2) is 6.10 Å². The Labute approximate surface area is 104 Å². The molecular formula is C12H14N2O4. The molecule has 1 aromatic heterocycles. The number of amides is 1. The summed E-state index contributed by atoms with van der Waals surface area (Å²) in [6, 6.07) is 3.33. The predicted molar refractivity (Wildman–Crippen MR) is 62.1 cm³/mol. The second-order valence-electron chi connectivity index (χ2n) is 4.23. The molecule has 0 aromatic carbocycles. The van der Waals surface area contributed by atoms with Gasteiger partial charge in [-0.25, -0.2) is 4.79 Å². The first kappa shape index (κ1) is 12.5. The van der Waals surface area contributed by atoms with Gasteiger partial charge in [-0.15, -0.1) is 0 Å². The number of ether oxygens (including phenoxy) is 1. The summed E-state index contributed by atoms with van der Waals surface area (Å²) in [6.45, 7) is 2.20. The van der Waals surface area contributed by atoms with Gasteiger partial charge in [-0.2, -0.15) is 0 Å². The van der Waals surface area contributed by atoms with Crippen molar-refractivity contribution in [2.75, 3.05) is 13.1 Å². The zero-order valence-electron chi connectivity index (χ0n) is 9.94. The van der Waals surface area contributed by atoms with Crippen molar-refractivity contribution in [1.82, 2.24) is 9.88 Å². The van der Waals surface area contributed by atoms with Gasteiger partial charge in [0.2, 0.25) is 0 Å². The number of carboxylic acid groups (broad SMARTS) is 1. The lowest BCUT2D eigenvalue weighted by atomic mass is 10.1. The molecule has 2 heterocycles. The summed E-state index contributed by atoms with van der Waals surface area (Å²) in [5, 5.41) is 8.95. The molecule has 1 unspecified atom stereocenters. The summed E-state index contributed by atoms with van der Waals surface area (Å²) in [5.74, 6) is -1.27. The summed E-state index contributed by atoms with van der Waals surface area (Å²) >= 11 is 0. The second kappa shape index (κ2) is 5.14. The molecule has 2 atom stereocenters. The highest BCUT2D eigenvalue weighted by molar-refractivity contribution is 5.94. The molecule has 0 saturated carbocycles. The number of pyridine rings is 1.